The van der Waals surface area contributed by atoms with Gasteiger partial charge in [-0.25, -0.2) is 18.1 Å². The summed E-state index contributed by atoms with van der Waals surface area (Å²) in [4.78, 5) is 4.64. The Bertz CT molecular complexity index is 820. The van der Waals surface area contributed by atoms with Crippen LogP contribution in [0, 0.1) is 0 Å². The van der Waals surface area contributed by atoms with Crippen molar-refractivity contribution in [2.45, 2.75) is 51.8 Å². The Morgan fingerprint density at radius 2 is 2.04 bits per heavy atom. The summed E-state index contributed by atoms with van der Waals surface area (Å²) in [5.41, 5.74) is 0. The number of para-hydroxylation sites is 1. The Kier molecular flexibility index (Phi) is 5.93. The number of hydrogen-bond donors (Lipinski definition) is 0. The van der Waals surface area contributed by atoms with Gasteiger partial charge in [0.2, 0.25) is 10.0 Å². The maximum Gasteiger partial charge on any atom is 0.211 e. The summed E-state index contributed by atoms with van der Waals surface area (Å²) in [6, 6.07) is 9.30. The third-order valence-electron chi connectivity index (χ3n) is 4.51. The third kappa shape index (κ3) is 4.42. The molecule has 0 amide bonds. The summed E-state index contributed by atoms with van der Waals surface area (Å²) in [6.45, 7) is 3.66. The maximum atomic E-state index is 12.1. The standard InChI is InChI=1S/C18H26N4O3S/c1-3-4-12-21-18(16-11-8-13-22(16)26(2,23)24)19-17(20-21)14-25-15-9-6-5-7-10-15/h5-7,9-10,16H,3-4,8,11-14H2,1-2H3/t16-/m0/s1. The van der Waals surface area contributed by atoms with Crippen LogP contribution in [0.15, 0.2) is 30.3 Å². The molecule has 1 atom stereocenters. The molecule has 7 nitrogen and oxygen atoms in total. The fraction of sp³-hybridized carbons (Fsp3) is 0.556. The summed E-state index contributed by atoms with van der Waals surface area (Å²) in [5.74, 6) is 2.07. The first kappa shape index (κ1) is 18.8. The predicted molar refractivity (Wildman–Crippen MR) is 99.2 cm³/mol. The van der Waals surface area contributed by atoms with E-state index in [0.29, 0.717) is 12.4 Å². The van der Waals surface area contributed by atoms with Gasteiger partial charge in [0.25, 0.3) is 0 Å². The molecule has 0 saturated carbocycles. The van der Waals surface area contributed by atoms with Crippen molar-refractivity contribution in [2.75, 3.05) is 12.8 Å². The first-order chi connectivity index (χ1) is 12.5. The zero-order valence-electron chi connectivity index (χ0n) is 15.3. The molecule has 1 saturated heterocycles. The summed E-state index contributed by atoms with van der Waals surface area (Å²) in [5, 5.41) is 4.58. The molecule has 1 aliphatic rings. The highest BCUT2D eigenvalue weighted by molar-refractivity contribution is 7.88. The van der Waals surface area contributed by atoms with Crippen LogP contribution in [0.1, 0.15) is 50.3 Å². The van der Waals surface area contributed by atoms with Gasteiger partial charge in [0, 0.05) is 13.1 Å². The summed E-state index contributed by atoms with van der Waals surface area (Å²) < 4.78 is 33.4. The Balaban J connectivity index is 1.82. The average molecular weight is 378 g/mol. The van der Waals surface area contributed by atoms with E-state index in [2.05, 4.69) is 17.0 Å². The van der Waals surface area contributed by atoms with Crippen molar-refractivity contribution in [3.63, 3.8) is 0 Å². The molecule has 0 aliphatic carbocycles. The highest BCUT2D eigenvalue weighted by Gasteiger charge is 2.36. The number of aryl methyl sites for hydroxylation is 1. The lowest BCUT2D eigenvalue weighted by Gasteiger charge is -2.21. The molecule has 0 N–H and O–H groups in total. The number of unbranched alkanes of at least 4 members (excludes halogenated alkanes) is 1. The van der Waals surface area contributed by atoms with Gasteiger partial charge < -0.3 is 4.74 Å². The molecule has 1 aliphatic heterocycles. The van der Waals surface area contributed by atoms with Crippen molar-refractivity contribution >= 4 is 10.0 Å². The van der Waals surface area contributed by atoms with Gasteiger partial charge in [0.1, 0.15) is 18.2 Å². The number of benzene rings is 1. The van der Waals surface area contributed by atoms with Gasteiger partial charge in [0.15, 0.2) is 5.82 Å². The van der Waals surface area contributed by atoms with Crippen molar-refractivity contribution in [1.82, 2.24) is 19.1 Å². The van der Waals surface area contributed by atoms with E-state index in [1.807, 2.05) is 35.0 Å². The largest absolute Gasteiger partial charge is 0.486 e. The van der Waals surface area contributed by atoms with Crippen LogP contribution in [0.3, 0.4) is 0 Å². The van der Waals surface area contributed by atoms with E-state index >= 15 is 0 Å². The average Bonchev–Trinajstić information content (AvgIpc) is 3.25. The number of aromatic nitrogens is 3. The molecule has 0 unspecified atom stereocenters. The van der Waals surface area contributed by atoms with Crippen LogP contribution < -0.4 is 4.74 Å². The number of rotatable bonds is 8. The van der Waals surface area contributed by atoms with E-state index in [0.717, 1.165) is 43.8 Å². The first-order valence-corrected chi connectivity index (χ1v) is 10.9. The molecule has 1 aromatic carbocycles. The minimum Gasteiger partial charge on any atom is -0.486 e. The monoisotopic (exact) mass is 378 g/mol. The molecule has 0 radical (unpaired) electrons. The van der Waals surface area contributed by atoms with Crippen molar-refractivity contribution in [2.24, 2.45) is 0 Å². The van der Waals surface area contributed by atoms with Gasteiger partial charge in [-0.3, -0.25) is 0 Å². The van der Waals surface area contributed by atoms with E-state index < -0.39 is 10.0 Å². The Morgan fingerprint density at radius 3 is 2.73 bits per heavy atom. The Hall–Kier alpha value is -1.93. The topological polar surface area (TPSA) is 77.3 Å². The molecule has 2 heterocycles. The molecular weight excluding hydrogens is 352 g/mol. The third-order valence-corrected chi connectivity index (χ3v) is 5.80. The van der Waals surface area contributed by atoms with Gasteiger partial charge in [-0.2, -0.15) is 9.40 Å². The number of nitrogens with zero attached hydrogens (tertiary/aromatic N) is 4. The molecule has 26 heavy (non-hydrogen) atoms. The lowest BCUT2D eigenvalue weighted by molar-refractivity contribution is 0.295. The second-order valence-corrected chi connectivity index (χ2v) is 8.53. The molecule has 8 heteroatoms. The van der Waals surface area contributed by atoms with Gasteiger partial charge in [0.05, 0.1) is 12.3 Å². The maximum absolute atomic E-state index is 12.1. The van der Waals surface area contributed by atoms with Gasteiger partial charge in [-0.1, -0.05) is 31.5 Å². The zero-order chi connectivity index (χ0) is 18.6. The quantitative estimate of drug-likeness (QED) is 0.706. The zero-order valence-corrected chi connectivity index (χ0v) is 16.2. The Morgan fingerprint density at radius 1 is 1.27 bits per heavy atom. The second kappa shape index (κ2) is 8.18. The van der Waals surface area contributed by atoms with Crippen LogP contribution in [0.2, 0.25) is 0 Å². The fourth-order valence-electron chi connectivity index (χ4n) is 3.24. The summed E-state index contributed by atoms with van der Waals surface area (Å²) in [6.07, 6.45) is 4.89. The van der Waals surface area contributed by atoms with Crippen molar-refractivity contribution in [3.8, 4) is 5.75 Å². The SMILES string of the molecule is CCCCn1nc(COc2ccccc2)nc1[C@@H]1CCCN1S(C)(=O)=O. The van der Waals surface area contributed by atoms with E-state index in [4.69, 9.17) is 4.74 Å². The molecule has 1 fully saturated rings. The first-order valence-electron chi connectivity index (χ1n) is 9.07. The molecule has 0 spiro atoms. The van der Waals surface area contributed by atoms with Crippen molar-refractivity contribution in [1.29, 1.82) is 0 Å². The minimum absolute atomic E-state index is 0.236. The second-order valence-electron chi connectivity index (χ2n) is 6.60. The summed E-state index contributed by atoms with van der Waals surface area (Å²) >= 11 is 0. The minimum atomic E-state index is -3.26. The van der Waals surface area contributed by atoms with Crippen LogP contribution in [0.4, 0.5) is 0 Å². The Labute approximate surface area is 155 Å². The van der Waals surface area contributed by atoms with Crippen LogP contribution in [-0.2, 0) is 23.2 Å². The smallest absolute Gasteiger partial charge is 0.211 e. The fourth-order valence-corrected chi connectivity index (χ4v) is 4.37. The number of hydrogen-bond acceptors (Lipinski definition) is 5. The van der Waals surface area contributed by atoms with E-state index in [9.17, 15) is 8.42 Å². The highest BCUT2D eigenvalue weighted by atomic mass is 32.2. The van der Waals surface area contributed by atoms with Crippen LogP contribution in [-0.4, -0.2) is 40.3 Å². The van der Waals surface area contributed by atoms with Gasteiger partial charge >= 0.3 is 0 Å². The molecule has 0 bridgehead atoms. The van der Waals surface area contributed by atoms with E-state index in [1.165, 1.54) is 6.26 Å². The lowest BCUT2D eigenvalue weighted by atomic mass is 10.2. The van der Waals surface area contributed by atoms with Gasteiger partial charge in [-0.15, -0.1) is 0 Å². The van der Waals surface area contributed by atoms with Crippen LogP contribution >= 0.6 is 0 Å². The van der Waals surface area contributed by atoms with Crippen LogP contribution in [0.5, 0.6) is 5.75 Å². The molecule has 1 aromatic heterocycles. The lowest BCUT2D eigenvalue weighted by Crippen LogP contribution is -2.31. The summed E-state index contributed by atoms with van der Waals surface area (Å²) in [7, 11) is -3.26. The van der Waals surface area contributed by atoms with Crippen molar-refractivity contribution < 1.29 is 13.2 Å². The van der Waals surface area contributed by atoms with Gasteiger partial charge in [-0.05, 0) is 31.4 Å². The van der Waals surface area contributed by atoms with Crippen molar-refractivity contribution in [3.05, 3.63) is 42.0 Å². The number of sulfonamides is 1. The highest BCUT2D eigenvalue weighted by Crippen LogP contribution is 2.33. The molecule has 3 rings (SSSR count). The normalized spacial score (nSPS) is 18.3. The number of ether oxygens (including phenoxy) is 1. The predicted octanol–water partition coefficient (Wildman–Crippen LogP) is 2.75. The molecule has 142 valence electrons. The molecular formula is C18H26N4O3S. The molecule has 2 aromatic rings. The van der Waals surface area contributed by atoms with Crippen LogP contribution in [0.25, 0.3) is 0 Å². The van der Waals surface area contributed by atoms with E-state index in [-0.39, 0.29) is 12.6 Å². The van der Waals surface area contributed by atoms with E-state index in [1.54, 1.807) is 4.31 Å².